The maximum Gasteiger partial charge on any atom is 0.282 e. The Bertz CT molecular complexity index is 1630. The van der Waals surface area contributed by atoms with Crippen LogP contribution in [0.3, 0.4) is 0 Å². The van der Waals surface area contributed by atoms with Gasteiger partial charge in [-0.25, -0.2) is 4.98 Å². The number of hydrogen-bond donors (Lipinski definition) is 0. The van der Waals surface area contributed by atoms with E-state index in [0.717, 1.165) is 35.7 Å². The number of aromatic nitrogens is 2. The van der Waals surface area contributed by atoms with Crippen molar-refractivity contribution >= 4 is 66.3 Å². The summed E-state index contributed by atoms with van der Waals surface area (Å²) in [6, 6.07) is 15.1. The van der Waals surface area contributed by atoms with E-state index in [1.165, 1.54) is 23.2 Å². The van der Waals surface area contributed by atoms with Crippen LogP contribution in [-0.2, 0) is 6.61 Å². The molecule has 0 atom stereocenters. The molecule has 0 bridgehead atoms. The smallest absolute Gasteiger partial charge is 0.282 e. The van der Waals surface area contributed by atoms with Crippen LogP contribution in [0.15, 0.2) is 73.4 Å². The summed E-state index contributed by atoms with van der Waals surface area (Å²) < 4.78 is 8.88. The molecule has 0 spiro atoms. The fraction of sp³-hybridized carbons (Fsp3) is 0.250. The van der Waals surface area contributed by atoms with Gasteiger partial charge in [0.15, 0.2) is 0 Å². The van der Waals surface area contributed by atoms with Crippen molar-refractivity contribution in [3.8, 4) is 5.75 Å². The molecule has 4 aromatic rings. The van der Waals surface area contributed by atoms with Gasteiger partial charge in [-0.15, -0.1) is 0 Å². The molecule has 0 aliphatic heterocycles. The van der Waals surface area contributed by atoms with Crippen molar-refractivity contribution in [2.45, 2.75) is 44.6 Å². The molecule has 0 radical (unpaired) electrons. The Balaban J connectivity index is 1.53. The minimum atomic E-state index is -0.446. The van der Waals surface area contributed by atoms with E-state index in [9.17, 15) is 14.9 Å². The number of benzene rings is 3. The second kappa shape index (κ2) is 12.0. The van der Waals surface area contributed by atoms with Crippen LogP contribution in [0.2, 0.25) is 5.02 Å². The summed E-state index contributed by atoms with van der Waals surface area (Å²) in [7, 11) is 0. The third-order valence-corrected chi connectivity index (χ3v) is 7.98. The molecule has 1 fully saturated rings. The predicted octanol–water partition coefficient (Wildman–Crippen LogP) is 7.99. The van der Waals surface area contributed by atoms with Gasteiger partial charge >= 0.3 is 0 Å². The number of hydrogen-bond acceptors (Lipinski definition) is 6. The minimum absolute atomic E-state index is 0.00878. The van der Waals surface area contributed by atoms with E-state index in [1.807, 2.05) is 12.1 Å². The largest absolute Gasteiger partial charge is 0.487 e. The van der Waals surface area contributed by atoms with Gasteiger partial charge in [-0.3, -0.25) is 14.9 Å². The number of fused-ring (bicyclic) bond motifs is 1. The van der Waals surface area contributed by atoms with Crippen LogP contribution in [0.4, 0.5) is 5.69 Å². The molecule has 3 aromatic carbocycles. The highest BCUT2D eigenvalue weighted by molar-refractivity contribution is 9.10. The van der Waals surface area contributed by atoms with Crippen LogP contribution in [0.5, 0.6) is 5.75 Å². The van der Waals surface area contributed by atoms with E-state index in [4.69, 9.17) is 21.3 Å². The van der Waals surface area contributed by atoms with Crippen LogP contribution in [0, 0.1) is 10.1 Å². The third-order valence-electron chi connectivity index (χ3n) is 6.68. The molecule has 1 aliphatic rings. The van der Waals surface area contributed by atoms with Crippen molar-refractivity contribution in [2.75, 3.05) is 0 Å². The van der Waals surface area contributed by atoms with Gasteiger partial charge in [-0.1, -0.05) is 46.8 Å². The Morgan fingerprint density at radius 1 is 1.10 bits per heavy atom. The van der Waals surface area contributed by atoms with Crippen molar-refractivity contribution in [3.63, 3.8) is 0 Å². The van der Waals surface area contributed by atoms with E-state index in [1.54, 1.807) is 36.5 Å². The molecule has 200 valence electrons. The van der Waals surface area contributed by atoms with Gasteiger partial charge in [0, 0.05) is 33.1 Å². The molecule has 0 N–H and O–H groups in total. The summed E-state index contributed by atoms with van der Waals surface area (Å²) in [6.07, 6.45) is 6.82. The van der Waals surface area contributed by atoms with Crippen molar-refractivity contribution in [2.24, 2.45) is 5.10 Å². The average molecular weight is 675 g/mol. The first-order valence-electron chi connectivity index (χ1n) is 12.4. The second-order valence-corrected chi connectivity index (χ2v) is 11.6. The van der Waals surface area contributed by atoms with Gasteiger partial charge in [0.1, 0.15) is 18.2 Å². The predicted molar refractivity (Wildman–Crippen MR) is 159 cm³/mol. The van der Waals surface area contributed by atoms with E-state index in [2.05, 4.69) is 37.0 Å². The van der Waals surface area contributed by atoms with Crippen LogP contribution in [-0.4, -0.2) is 20.8 Å². The van der Waals surface area contributed by atoms with Crippen LogP contribution in [0.1, 0.15) is 55.0 Å². The van der Waals surface area contributed by atoms with Crippen molar-refractivity contribution < 1.29 is 9.66 Å². The van der Waals surface area contributed by atoms with Crippen LogP contribution in [0.25, 0.3) is 10.9 Å². The number of nitro groups is 1. The van der Waals surface area contributed by atoms with Gasteiger partial charge in [0.25, 0.3) is 11.2 Å². The summed E-state index contributed by atoms with van der Waals surface area (Å²) in [5, 5.41) is 16.5. The maximum absolute atomic E-state index is 13.6. The molecule has 1 saturated carbocycles. The normalized spacial score (nSPS) is 14.2. The van der Waals surface area contributed by atoms with Crippen molar-refractivity contribution in [3.05, 3.63) is 106 Å². The molecule has 1 heterocycles. The molecular weight excluding hydrogens is 652 g/mol. The van der Waals surface area contributed by atoms with Gasteiger partial charge in [-0.2, -0.15) is 9.78 Å². The lowest BCUT2D eigenvalue weighted by Gasteiger charge is -2.22. The van der Waals surface area contributed by atoms with E-state index < -0.39 is 4.92 Å². The van der Waals surface area contributed by atoms with E-state index in [0.29, 0.717) is 37.5 Å². The highest BCUT2D eigenvalue weighted by Gasteiger charge is 2.23. The zero-order valence-electron chi connectivity index (χ0n) is 20.6. The van der Waals surface area contributed by atoms with Gasteiger partial charge in [0.05, 0.1) is 26.5 Å². The molecule has 39 heavy (non-hydrogen) atoms. The van der Waals surface area contributed by atoms with Gasteiger partial charge in [0.2, 0.25) is 0 Å². The molecule has 1 aliphatic carbocycles. The van der Waals surface area contributed by atoms with Gasteiger partial charge < -0.3 is 4.74 Å². The zero-order chi connectivity index (χ0) is 27.5. The fourth-order valence-corrected chi connectivity index (χ4v) is 6.03. The molecule has 0 amide bonds. The first-order chi connectivity index (χ1) is 18.8. The lowest BCUT2D eigenvalue weighted by Crippen LogP contribution is -2.25. The number of ether oxygens (including phenoxy) is 1. The topological polar surface area (TPSA) is 99.6 Å². The zero-order valence-corrected chi connectivity index (χ0v) is 24.6. The Labute approximate surface area is 246 Å². The SMILES string of the molecule is O=c1c2cc(Br)ccc2nc(C2CCCCC2)n1N=Cc1cc(Cl)cc(Br)c1OCc1ccc([N+](=O)[O-])cc1. The number of halogens is 3. The van der Waals surface area contributed by atoms with E-state index in [-0.39, 0.29) is 23.8 Å². The number of nitro benzene ring substituents is 1. The Hall–Kier alpha value is -3.08. The molecule has 1 aromatic heterocycles. The lowest BCUT2D eigenvalue weighted by atomic mass is 9.88. The van der Waals surface area contributed by atoms with E-state index >= 15 is 0 Å². The standard InChI is InChI=1S/C28H23Br2ClN4O4/c29-20-8-11-25-23(13-20)28(36)34(27(33-25)18-4-2-1-3-5-18)32-15-19-12-21(31)14-24(30)26(19)39-16-17-6-9-22(10-7-17)35(37)38/h6-15,18H,1-5,16H2. The lowest BCUT2D eigenvalue weighted by molar-refractivity contribution is -0.384. The highest BCUT2D eigenvalue weighted by atomic mass is 79.9. The summed E-state index contributed by atoms with van der Waals surface area (Å²) in [4.78, 5) is 29.0. The van der Waals surface area contributed by atoms with Gasteiger partial charge in [-0.05, 0) is 76.8 Å². The number of rotatable bonds is 7. The Morgan fingerprint density at radius 3 is 2.56 bits per heavy atom. The highest BCUT2D eigenvalue weighted by Crippen LogP contribution is 2.34. The molecule has 11 heteroatoms. The fourth-order valence-electron chi connectivity index (χ4n) is 4.72. The third kappa shape index (κ3) is 6.23. The summed E-state index contributed by atoms with van der Waals surface area (Å²) >= 11 is 13.3. The first kappa shape index (κ1) is 27.5. The minimum Gasteiger partial charge on any atom is -0.487 e. The summed E-state index contributed by atoms with van der Waals surface area (Å²) in [5.41, 5.74) is 1.73. The Kier molecular flexibility index (Phi) is 8.44. The quantitative estimate of drug-likeness (QED) is 0.112. The van der Waals surface area contributed by atoms with Crippen LogP contribution >= 0.6 is 43.5 Å². The summed E-state index contributed by atoms with van der Waals surface area (Å²) in [6.45, 7) is 0.165. The Morgan fingerprint density at radius 2 is 1.85 bits per heavy atom. The molecular formula is C28H23Br2ClN4O4. The van der Waals surface area contributed by atoms with Crippen molar-refractivity contribution in [1.82, 2.24) is 9.66 Å². The average Bonchev–Trinajstić information content (AvgIpc) is 2.93. The number of nitrogens with zero attached hydrogens (tertiary/aromatic N) is 4. The van der Waals surface area contributed by atoms with Crippen molar-refractivity contribution in [1.29, 1.82) is 0 Å². The maximum atomic E-state index is 13.6. The second-order valence-electron chi connectivity index (χ2n) is 9.35. The molecule has 0 saturated heterocycles. The monoisotopic (exact) mass is 672 g/mol. The van der Waals surface area contributed by atoms with Crippen LogP contribution < -0.4 is 10.3 Å². The molecule has 8 nitrogen and oxygen atoms in total. The molecule has 0 unspecified atom stereocenters. The molecule has 5 rings (SSSR count). The number of non-ortho nitro benzene ring substituents is 1. The first-order valence-corrected chi connectivity index (χ1v) is 14.4. The summed E-state index contributed by atoms with van der Waals surface area (Å²) in [5.74, 6) is 1.27.